The Morgan fingerprint density at radius 1 is 1.15 bits per heavy atom. The molecule has 7 nitrogen and oxygen atoms in total. The van der Waals surface area contributed by atoms with Gasteiger partial charge in [0.2, 0.25) is 0 Å². The van der Waals surface area contributed by atoms with E-state index in [0.717, 1.165) is 31.2 Å². The molecular weight excluding hydrogens is 416 g/mol. The Bertz CT molecular complexity index is 1060. The van der Waals surface area contributed by atoms with Crippen LogP contribution >= 0.6 is 0 Å². The molecule has 0 spiro atoms. The zero-order valence-electron chi connectivity index (χ0n) is 19.5. The molecule has 1 aliphatic rings. The standard InChI is InChI=1S/C26H32N4O3/c1-18(33-23-6-4-5-22(15-23)32-3)26(31)28-16-19-7-9-21(10-8-19)25-24(17-30(2)29-25)20-11-13-27-14-12-20/h4-6,11-15,17-19,21H,7-10,16H2,1-3H3,(H,28,31)/t18-,19?,21?/m0/s1. The molecule has 1 N–H and O–H groups in total. The van der Waals surface area contributed by atoms with E-state index in [1.807, 2.05) is 54.5 Å². The fourth-order valence-corrected chi connectivity index (χ4v) is 4.52. The summed E-state index contributed by atoms with van der Waals surface area (Å²) in [6.07, 6.45) is 9.47. The zero-order valence-corrected chi connectivity index (χ0v) is 19.5. The summed E-state index contributed by atoms with van der Waals surface area (Å²) in [5.41, 5.74) is 3.53. The van der Waals surface area contributed by atoms with Gasteiger partial charge in [0.15, 0.2) is 6.10 Å². The van der Waals surface area contributed by atoms with E-state index in [9.17, 15) is 4.79 Å². The van der Waals surface area contributed by atoms with Crippen molar-refractivity contribution in [3.8, 4) is 22.6 Å². The van der Waals surface area contributed by atoms with Gasteiger partial charge in [-0.1, -0.05) is 6.07 Å². The summed E-state index contributed by atoms with van der Waals surface area (Å²) in [7, 11) is 3.59. The number of hydrogen-bond donors (Lipinski definition) is 1. The van der Waals surface area contributed by atoms with Crippen molar-refractivity contribution in [2.75, 3.05) is 13.7 Å². The lowest BCUT2D eigenvalue weighted by molar-refractivity contribution is -0.127. The molecule has 1 amide bonds. The predicted molar refractivity (Wildman–Crippen MR) is 127 cm³/mol. The number of nitrogens with one attached hydrogen (secondary N) is 1. The van der Waals surface area contributed by atoms with Crippen LogP contribution in [0.25, 0.3) is 11.1 Å². The first-order valence-corrected chi connectivity index (χ1v) is 11.6. The van der Waals surface area contributed by atoms with Gasteiger partial charge in [-0.3, -0.25) is 14.5 Å². The van der Waals surface area contributed by atoms with Gasteiger partial charge in [0.05, 0.1) is 12.8 Å². The van der Waals surface area contributed by atoms with Crippen LogP contribution in [-0.4, -0.2) is 40.4 Å². The Kier molecular flexibility index (Phi) is 7.27. The molecule has 2 aromatic heterocycles. The van der Waals surface area contributed by atoms with Crippen molar-refractivity contribution in [1.82, 2.24) is 20.1 Å². The minimum atomic E-state index is -0.565. The molecule has 174 valence electrons. The lowest BCUT2D eigenvalue weighted by Gasteiger charge is -2.28. The average molecular weight is 449 g/mol. The number of amides is 1. The molecule has 0 bridgehead atoms. The Morgan fingerprint density at radius 2 is 1.88 bits per heavy atom. The third-order valence-corrected chi connectivity index (χ3v) is 6.37. The van der Waals surface area contributed by atoms with Crippen LogP contribution in [0.4, 0.5) is 0 Å². The Morgan fingerprint density at radius 3 is 2.61 bits per heavy atom. The highest BCUT2D eigenvalue weighted by Crippen LogP contribution is 2.39. The van der Waals surface area contributed by atoms with E-state index in [0.29, 0.717) is 29.9 Å². The number of ether oxygens (including phenoxy) is 2. The van der Waals surface area contributed by atoms with Crippen LogP contribution in [0.1, 0.15) is 44.2 Å². The molecule has 3 aromatic rings. The van der Waals surface area contributed by atoms with Crippen LogP contribution < -0.4 is 14.8 Å². The van der Waals surface area contributed by atoms with Crippen molar-refractivity contribution < 1.29 is 14.3 Å². The summed E-state index contributed by atoms with van der Waals surface area (Å²) in [5, 5.41) is 7.86. The van der Waals surface area contributed by atoms with Crippen LogP contribution in [-0.2, 0) is 11.8 Å². The van der Waals surface area contributed by atoms with Gasteiger partial charge in [-0.25, -0.2) is 0 Å². The SMILES string of the molecule is COc1cccc(O[C@@H](C)C(=O)NCC2CCC(c3nn(C)cc3-c3ccncc3)CC2)c1. The van der Waals surface area contributed by atoms with E-state index in [-0.39, 0.29) is 5.91 Å². The Balaban J connectivity index is 1.27. The number of aryl methyl sites for hydroxylation is 1. The maximum absolute atomic E-state index is 12.5. The van der Waals surface area contributed by atoms with E-state index in [2.05, 4.69) is 16.5 Å². The minimum absolute atomic E-state index is 0.0929. The molecule has 2 heterocycles. The number of aromatic nitrogens is 3. The quantitative estimate of drug-likeness (QED) is 0.554. The summed E-state index contributed by atoms with van der Waals surface area (Å²) in [5.74, 6) is 2.15. The average Bonchev–Trinajstić information content (AvgIpc) is 3.25. The lowest BCUT2D eigenvalue weighted by atomic mass is 9.79. The van der Waals surface area contributed by atoms with Crippen LogP contribution in [0.2, 0.25) is 0 Å². The maximum atomic E-state index is 12.5. The van der Waals surface area contributed by atoms with Crippen molar-refractivity contribution >= 4 is 5.91 Å². The lowest BCUT2D eigenvalue weighted by Crippen LogP contribution is -2.39. The third kappa shape index (κ3) is 5.72. The third-order valence-electron chi connectivity index (χ3n) is 6.37. The highest BCUT2D eigenvalue weighted by atomic mass is 16.5. The van der Waals surface area contributed by atoms with Crippen LogP contribution in [0, 0.1) is 5.92 Å². The zero-order chi connectivity index (χ0) is 23.2. The van der Waals surface area contributed by atoms with Gasteiger partial charge in [0.25, 0.3) is 5.91 Å². The van der Waals surface area contributed by atoms with Crippen molar-refractivity contribution in [1.29, 1.82) is 0 Å². The molecule has 1 fully saturated rings. The number of benzene rings is 1. The van der Waals surface area contributed by atoms with Crippen molar-refractivity contribution in [2.24, 2.45) is 13.0 Å². The molecular formula is C26H32N4O3. The summed E-state index contributed by atoms with van der Waals surface area (Å²) in [6.45, 7) is 2.45. The van der Waals surface area contributed by atoms with Crippen molar-refractivity contribution in [3.05, 3.63) is 60.7 Å². The summed E-state index contributed by atoms with van der Waals surface area (Å²) in [6, 6.07) is 11.4. The van der Waals surface area contributed by atoms with Gasteiger partial charge in [0.1, 0.15) is 11.5 Å². The molecule has 0 saturated heterocycles. The number of hydrogen-bond acceptors (Lipinski definition) is 5. The molecule has 4 rings (SSSR count). The summed E-state index contributed by atoms with van der Waals surface area (Å²) < 4.78 is 12.9. The molecule has 0 radical (unpaired) electrons. The number of carbonyl (C=O) groups is 1. The van der Waals surface area contributed by atoms with E-state index >= 15 is 0 Å². The van der Waals surface area contributed by atoms with Gasteiger partial charge >= 0.3 is 0 Å². The van der Waals surface area contributed by atoms with Gasteiger partial charge < -0.3 is 14.8 Å². The first-order valence-electron chi connectivity index (χ1n) is 11.6. The normalized spacial score (nSPS) is 19.0. The second-order valence-electron chi connectivity index (χ2n) is 8.74. The van der Waals surface area contributed by atoms with Gasteiger partial charge in [-0.2, -0.15) is 5.10 Å². The van der Waals surface area contributed by atoms with E-state index in [4.69, 9.17) is 14.6 Å². The Hall–Kier alpha value is -3.35. The smallest absolute Gasteiger partial charge is 0.260 e. The predicted octanol–water partition coefficient (Wildman–Crippen LogP) is 4.35. The fourth-order valence-electron chi connectivity index (χ4n) is 4.52. The van der Waals surface area contributed by atoms with E-state index in [1.165, 1.54) is 11.3 Å². The molecule has 0 unspecified atom stereocenters. The topological polar surface area (TPSA) is 78.3 Å². The second-order valence-corrected chi connectivity index (χ2v) is 8.74. The first-order chi connectivity index (χ1) is 16.0. The van der Waals surface area contributed by atoms with Gasteiger partial charge in [0, 0.05) is 49.7 Å². The van der Waals surface area contributed by atoms with E-state index in [1.54, 1.807) is 20.1 Å². The van der Waals surface area contributed by atoms with Crippen molar-refractivity contribution in [3.63, 3.8) is 0 Å². The number of carbonyl (C=O) groups excluding carboxylic acids is 1. The largest absolute Gasteiger partial charge is 0.497 e. The molecule has 7 heteroatoms. The van der Waals surface area contributed by atoms with E-state index < -0.39 is 6.10 Å². The molecule has 1 aromatic carbocycles. The van der Waals surface area contributed by atoms with Crippen molar-refractivity contribution in [2.45, 2.75) is 44.6 Å². The second kappa shape index (κ2) is 10.5. The maximum Gasteiger partial charge on any atom is 0.260 e. The monoisotopic (exact) mass is 448 g/mol. The number of methoxy groups -OCH3 is 1. The van der Waals surface area contributed by atoms with Crippen LogP contribution in [0.3, 0.4) is 0 Å². The van der Waals surface area contributed by atoms with Gasteiger partial charge in [-0.05, 0) is 68.4 Å². The number of pyridine rings is 1. The first kappa shape index (κ1) is 22.8. The molecule has 1 saturated carbocycles. The highest BCUT2D eigenvalue weighted by Gasteiger charge is 2.27. The van der Waals surface area contributed by atoms with Gasteiger partial charge in [-0.15, -0.1) is 0 Å². The number of rotatable bonds is 8. The fraction of sp³-hybridized carbons (Fsp3) is 0.423. The highest BCUT2D eigenvalue weighted by molar-refractivity contribution is 5.80. The Labute approximate surface area is 195 Å². The molecule has 1 aliphatic carbocycles. The van der Waals surface area contributed by atoms with Crippen LogP contribution in [0.5, 0.6) is 11.5 Å². The molecule has 1 atom stereocenters. The molecule has 0 aliphatic heterocycles. The minimum Gasteiger partial charge on any atom is -0.497 e. The summed E-state index contributed by atoms with van der Waals surface area (Å²) in [4.78, 5) is 16.7. The molecule has 33 heavy (non-hydrogen) atoms. The summed E-state index contributed by atoms with van der Waals surface area (Å²) >= 11 is 0. The van der Waals surface area contributed by atoms with Crippen LogP contribution in [0.15, 0.2) is 55.0 Å². The number of nitrogens with zero attached hydrogens (tertiary/aromatic N) is 3.